The number of aliphatic hydroxyl groups excluding tert-OH is 1. The van der Waals surface area contributed by atoms with Crippen LogP contribution in [-0.4, -0.2) is 11.7 Å². The van der Waals surface area contributed by atoms with Crippen LogP contribution in [0.3, 0.4) is 0 Å². The third-order valence-corrected chi connectivity index (χ3v) is 3.44. The molecule has 0 radical (unpaired) electrons. The number of aliphatic hydroxyl groups is 1. The first-order valence-electron chi connectivity index (χ1n) is 3.88. The van der Waals surface area contributed by atoms with Crippen LogP contribution in [0.4, 0.5) is 0 Å². The molecule has 0 amide bonds. The normalized spacial score (nSPS) is 8.67. The van der Waals surface area contributed by atoms with Crippen LogP contribution in [0.1, 0.15) is 33.1 Å². The first-order chi connectivity index (χ1) is 5.68. The van der Waals surface area contributed by atoms with Gasteiger partial charge in [-0.3, -0.25) is 0 Å². The van der Waals surface area contributed by atoms with Crippen LogP contribution in [0, 0.1) is 5.92 Å². The van der Waals surface area contributed by atoms with E-state index in [0.717, 1.165) is 12.3 Å². The van der Waals surface area contributed by atoms with Crippen molar-refractivity contribution in [1.29, 1.82) is 0 Å². The van der Waals surface area contributed by atoms with Gasteiger partial charge in [0.15, 0.2) is 0 Å². The average molecular weight is 244 g/mol. The lowest BCUT2D eigenvalue weighted by atomic mass is 10.1. The minimum atomic E-state index is 0.354. The molecule has 0 aromatic carbocycles. The Hall–Kier alpha value is 0.840. The van der Waals surface area contributed by atoms with Crippen LogP contribution >= 0.6 is 0 Å². The van der Waals surface area contributed by atoms with Gasteiger partial charge in [-0.25, -0.2) is 0 Å². The van der Waals surface area contributed by atoms with E-state index in [-0.39, 0.29) is 0 Å². The first kappa shape index (κ1) is 15.3. The van der Waals surface area contributed by atoms with E-state index >= 15 is 0 Å². The molecule has 74 valence electrons. The Morgan fingerprint density at radius 3 is 1.92 bits per heavy atom. The molecule has 0 heterocycles. The Morgan fingerprint density at radius 2 is 1.67 bits per heavy atom. The number of hydrogen-bond acceptors (Lipinski definition) is 3. The summed E-state index contributed by atoms with van der Waals surface area (Å²) in [7, 11) is 2.34. The predicted molar refractivity (Wildman–Crippen MR) is 65.2 cm³/mol. The summed E-state index contributed by atoms with van der Waals surface area (Å²) >= 11 is 8.66. The van der Waals surface area contributed by atoms with Crippen molar-refractivity contribution in [1.82, 2.24) is 0 Å². The van der Waals surface area contributed by atoms with Gasteiger partial charge < -0.3 is 5.11 Å². The zero-order valence-electron chi connectivity index (χ0n) is 7.49. The van der Waals surface area contributed by atoms with Crippen LogP contribution in [0.5, 0.6) is 0 Å². The molecular weight excluding hydrogens is 228 g/mol. The van der Waals surface area contributed by atoms with Gasteiger partial charge in [0.2, 0.25) is 0 Å². The molecule has 0 fully saturated rings. The first-order valence-corrected chi connectivity index (χ1v) is 7.88. The third kappa shape index (κ3) is 22.4. The smallest absolute Gasteiger partial charge is 0.0431 e. The summed E-state index contributed by atoms with van der Waals surface area (Å²) in [4.78, 5) is 0. The van der Waals surface area contributed by atoms with E-state index in [1.165, 1.54) is 30.6 Å². The summed E-state index contributed by atoms with van der Waals surface area (Å²) in [5, 5.41) is 8.38. The summed E-state index contributed by atoms with van der Waals surface area (Å²) in [5.74, 6) is 0.793. The van der Waals surface area contributed by atoms with Gasteiger partial charge in [-0.1, -0.05) is 26.7 Å². The molecule has 0 rings (SSSR count). The topological polar surface area (TPSA) is 20.2 Å². The molecule has 1 N–H and O–H groups in total. The maximum Gasteiger partial charge on any atom is 0.0431 e. The molecule has 12 heavy (non-hydrogen) atoms. The number of rotatable bonds is 4. The van der Waals surface area contributed by atoms with Gasteiger partial charge in [0.1, 0.15) is 0 Å². The quantitative estimate of drug-likeness (QED) is 0.762. The highest BCUT2D eigenvalue weighted by atomic mass is 33.2. The van der Waals surface area contributed by atoms with Gasteiger partial charge in [0, 0.05) is 46.7 Å². The van der Waals surface area contributed by atoms with Crippen molar-refractivity contribution in [2.45, 2.75) is 33.1 Å². The van der Waals surface area contributed by atoms with Gasteiger partial charge in [0.25, 0.3) is 0 Å². The van der Waals surface area contributed by atoms with E-state index in [1.54, 1.807) is 0 Å². The lowest BCUT2D eigenvalue weighted by Crippen LogP contribution is -1.88. The van der Waals surface area contributed by atoms with Gasteiger partial charge >= 0.3 is 0 Å². The van der Waals surface area contributed by atoms with Gasteiger partial charge in [0.05, 0.1) is 0 Å². The van der Waals surface area contributed by atoms with Crippen molar-refractivity contribution in [3.63, 3.8) is 0 Å². The molecule has 0 aromatic rings. The molecule has 1 nitrogen and oxygen atoms in total. The Morgan fingerprint density at radius 1 is 1.17 bits per heavy atom. The van der Waals surface area contributed by atoms with Gasteiger partial charge in [-0.05, 0) is 12.3 Å². The fraction of sp³-hybridized carbons (Fsp3) is 1.00. The van der Waals surface area contributed by atoms with E-state index in [2.05, 4.69) is 36.2 Å². The Labute approximate surface area is 90.6 Å². The Kier molecular flexibility index (Phi) is 18.3. The monoisotopic (exact) mass is 244 g/mol. The maximum absolute atomic E-state index is 8.38. The minimum Gasteiger partial charge on any atom is -0.396 e. The average Bonchev–Trinajstić information content (AvgIpc) is 2.05. The van der Waals surface area contributed by atoms with Crippen LogP contribution in [-0.2, 0) is 40.1 Å². The molecule has 0 spiro atoms. The Balaban J connectivity index is 0. The second-order valence-corrected chi connectivity index (χ2v) is 6.29. The number of hydrogen-bond donors (Lipinski definition) is 1. The molecule has 0 aliphatic carbocycles. The molecular formula is C7H16OS4. The summed E-state index contributed by atoms with van der Waals surface area (Å²) < 4.78 is 0. The summed E-state index contributed by atoms with van der Waals surface area (Å²) in [5.41, 5.74) is 0. The van der Waals surface area contributed by atoms with Gasteiger partial charge in [-0.2, -0.15) is 0 Å². The van der Waals surface area contributed by atoms with Crippen LogP contribution < -0.4 is 0 Å². The number of unbranched alkanes of at least 4 members (excludes halogenated alkanes) is 1. The fourth-order valence-corrected chi connectivity index (χ4v) is 0.664. The molecule has 5 heteroatoms. The lowest BCUT2D eigenvalue weighted by Gasteiger charge is -2.00. The highest BCUT2D eigenvalue weighted by Gasteiger charge is 1.91. The highest BCUT2D eigenvalue weighted by molar-refractivity contribution is 8.51. The minimum absolute atomic E-state index is 0.354. The van der Waals surface area contributed by atoms with Gasteiger partial charge in [-0.15, -0.1) is 0 Å². The second-order valence-electron chi connectivity index (χ2n) is 2.75. The largest absolute Gasteiger partial charge is 0.396 e. The van der Waals surface area contributed by atoms with Crippen molar-refractivity contribution in [3.8, 4) is 0 Å². The third-order valence-electron chi connectivity index (χ3n) is 1.22. The van der Waals surface area contributed by atoms with Crippen molar-refractivity contribution >= 4 is 40.1 Å². The van der Waals surface area contributed by atoms with E-state index in [9.17, 15) is 0 Å². The standard InChI is InChI=1S/C7H16O.S4/c1-7(2)5-3-4-6-8;1-3-4-2/h7-8H,3-6H2,1-2H3;. The predicted octanol–water partition coefficient (Wildman–Crippen LogP) is 1.80. The summed E-state index contributed by atoms with van der Waals surface area (Å²) in [6.07, 6.45) is 3.40. The van der Waals surface area contributed by atoms with E-state index in [0.29, 0.717) is 6.61 Å². The summed E-state index contributed by atoms with van der Waals surface area (Å²) in [6, 6.07) is 0. The van der Waals surface area contributed by atoms with Crippen LogP contribution in [0.2, 0.25) is 0 Å². The highest BCUT2D eigenvalue weighted by Crippen LogP contribution is 2.04. The molecule has 0 bridgehead atoms. The molecule has 0 aliphatic rings. The van der Waals surface area contributed by atoms with E-state index < -0.39 is 0 Å². The van der Waals surface area contributed by atoms with Crippen molar-refractivity contribution in [2.75, 3.05) is 6.61 Å². The van der Waals surface area contributed by atoms with Crippen molar-refractivity contribution < 1.29 is 5.11 Å². The molecule has 0 saturated heterocycles. The maximum atomic E-state index is 8.38. The molecule has 0 saturated carbocycles. The van der Waals surface area contributed by atoms with Crippen LogP contribution in [0.15, 0.2) is 0 Å². The van der Waals surface area contributed by atoms with E-state index in [4.69, 9.17) is 5.11 Å². The zero-order chi connectivity index (χ0) is 9.82. The van der Waals surface area contributed by atoms with Crippen LogP contribution in [0.25, 0.3) is 0 Å². The van der Waals surface area contributed by atoms with Crippen molar-refractivity contribution in [2.24, 2.45) is 5.92 Å². The molecule has 0 atom stereocenters. The lowest BCUT2D eigenvalue weighted by molar-refractivity contribution is 0.280. The zero-order valence-corrected chi connectivity index (χ0v) is 10.8. The molecule has 0 aliphatic heterocycles. The molecule has 0 unspecified atom stereocenters. The van der Waals surface area contributed by atoms with Crippen molar-refractivity contribution in [3.05, 3.63) is 0 Å². The SMILES string of the molecule is CC(C)CCCCO.S=S=S=S. The second kappa shape index (κ2) is 14.4. The summed E-state index contributed by atoms with van der Waals surface area (Å²) in [6.45, 7) is 4.77. The van der Waals surface area contributed by atoms with E-state index in [1.807, 2.05) is 0 Å². The fourth-order valence-electron chi connectivity index (χ4n) is 0.664. The Bertz CT molecular complexity index is 137. The molecule has 0 aromatic heterocycles.